The second-order valence-corrected chi connectivity index (χ2v) is 4.23. The summed E-state index contributed by atoms with van der Waals surface area (Å²) in [7, 11) is 0. The molecular weight excluding hydrogens is 266 g/mol. The molecule has 0 saturated heterocycles. The lowest BCUT2D eigenvalue weighted by Crippen LogP contribution is -2.12. The fourth-order valence-electron chi connectivity index (χ4n) is 1.53. The van der Waals surface area contributed by atoms with Gasteiger partial charge in [0, 0.05) is 6.61 Å². The van der Waals surface area contributed by atoms with Crippen molar-refractivity contribution in [3.05, 3.63) is 47.2 Å². The first kappa shape index (κ1) is 13.6. The number of anilines is 1. The predicted molar refractivity (Wildman–Crippen MR) is 73.3 cm³/mol. The molecule has 0 saturated carbocycles. The summed E-state index contributed by atoms with van der Waals surface area (Å²) in [5, 5.41) is 7.22. The number of ether oxygens (including phenoxy) is 1. The van der Waals surface area contributed by atoms with Gasteiger partial charge in [-0.3, -0.25) is 4.79 Å². The quantitative estimate of drug-likeness (QED) is 0.916. The van der Waals surface area contributed by atoms with E-state index in [0.717, 1.165) is 0 Å². The number of rotatable bonds is 5. The van der Waals surface area contributed by atoms with Crippen LogP contribution in [0.4, 0.5) is 5.69 Å². The van der Waals surface area contributed by atoms with E-state index in [1.807, 2.05) is 6.92 Å². The van der Waals surface area contributed by atoms with Crippen LogP contribution in [0.1, 0.15) is 17.3 Å². The fourth-order valence-corrected chi connectivity index (χ4v) is 1.75. The molecule has 2 aromatic rings. The Kier molecular flexibility index (Phi) is 4.54. The van der Waals surface area contributed by atoms with Crippen molar-refractivity contribution >= 4 is 23.2 Å². The number of carbonyl (C=O) groups excluding carboxylic acids is 1. The molecule has 1 heterocycles. The van der Waals surface area contributed by atoms with Crippen molar-refractivity contribution in [2.45, 2.75) is 13.7 Å². The minimum Gasteiger partial charge on any atom is -0.360 e. The molecule has 0 atom stereocenters. The maximum atomic E-state index is 12.0. The summed E-state index contributed by atoms with van der Waals surface area (Å²) >= 11 is 5.96. The smallest absolute Gasteiger partial charge is 0.257 e. The third-order valence-electron chi connectivity index (χ3n) is 2.44. The van der Waals surface area contributed by atoms with Crippen LogP contribution in [0.2, 0.25) is 5.02 Å². The molecule has 0 aliphatic carbocycles. The van der Waals surface area contributed by atoms with E-state index < -0.39 is 0 Å². The summed E-state index contributed by atoms with van der Waals surface area (Å²) < 4.78 is 6.81. The van der Waals surface area contributed by atoms with Crippen molar-refractivity contribution in [3.8, 4) is 0 Å². The molecule has 0 aliphatic rings. The van der Waals surface area contributed by atoms with Gasteiger partial charge in [-0.15, -0.1) is 0 Å². The Hall–Kier alpha value is -1.85. The van der Waals surface area contributed by atoms with E-state index in [4.69, 9.17) is 16.3 Å². The Morgan fingerprint density at radius 2 is 2.26 bits per heavy atom. The molecule has 1 N–H and O–H groups in total. The van der Waals surface area contributed by atoms with Gasteiger partial charge in [-0.1, -0.05) is 23.7 Å². The molecule has 0 radical (unpaired) electrons. The average Bonchev–Trinajstić information content (AvgIpc) is 2.84. The number of halogens is 1. The van der Waals surface area contributed by atoms with Crippen molar-refractivity contribution in [1.29, 1.82) is 0 Å². The Morgan fingerprint density at radius 3 is 3.00 bits per heavy atom. The first-order chi connectivity index (χ1) is 9.20. The molecule has 0 fully saturated rings. The second kappa shape index (κ2) is 6.36. The average molecular weight is 280 g/mol. The summed E-state index contributed by atoms with van der Waals surface area (Å²) in [6, 6.07) is 6.88. The molecule has 1 aromatic heterocycles. The Morgan fingerprint density at radius 1 is 1.47 bits per heavy atom. The Bertz CT molecular complexity index is 569. The highest BCUT2D eigenvalue weighted by Crippen LogP contribution is 2.16. The van der Waals surface area contributed by atoms with E-state index in [1.165, 1.54) is 0 Å². The van der Waals surface area contributed by atoms with Crippen LogP contribution < -0.4 is 5.32 Å². The summed E-state index contributed by atoms with van der Waals surface area (Å²) in [6.07, 6.45) is 3.26. The highest BCUT2D eigenvalue weighted by molar-refractivity contribution is 6.34. The maximum absolute atomic E-state index is 12.0. The van der Waals surface area contributed by atoms with Crippen LogP contribution in [0.15, 0.2) is 36.7 Å². The molecule has 6 heteroatoms. The fraction of sp³-hybridized carbons (Fsp3) is 0.231. The number of benzene rings is 1. The number of carbonyl (C=O) groups is 1. The van der Waals surface area contributed by atoms with Gasteiger partial charge < -0.3 is 10.1 Å². The van der Waals surface area contributed by atoms with E-state index in [2.05, 4.69) is 10.4 Å². The zero-order valence-corrected chi connectivity index (χ0v) is 11.2. The molecule has 5 nitrogen and oxygen atoms in total. The lowest BCUT2D eigenvalue weighted by molar-refractivity contribution is 0.0792. The molecule has 1 aromatic carbocycles. The van der Waals surface area contributed by atoms with Gasteiger partial charge in [-0.05, 0) is 19.1 Å². The highest BCUT2D eigenvalue weighted by Gasteiger charge is 2.10. The van der Waals surface area contributed by atoms with E-state index in [-0.39, 0.29) is 5.91 Å². The Balaban J connectivity index is 2.03. The standard InChI is InChI=1S/C13H14ClN3O2/c1-2-19-9-17-8-10(7-15-17)16-13(18)11-5-3-4-6-12(11)14/h3-8H,2,9H2,1H3,(H,16,18). The molecule has 1 amide bonds. The number of amides is 1. The van der Waals surface area contributed by atoms with Gasteiger partial charge in [0.1, 0.15) is 6.73 Å². The summed E-state index contributed by atoms with van der Waals surface area (Å²) in [6.45, 7) is 2.88. The maximum Gasteiger partial charge on any atom is 0.257 e. The van der Waals surface area contributed by atoms with Crippen LogP contribution in [-0.2, 0) is 11.5 Å². The van der Waals surface area contributed by atoms with Gasteiger partial charge in [-0.2, -0.15) is 5.10 Å². The third kappa shape index (κ3) is 3.56. The van der Waals surface area contributed by atoms with Gasteiger partial charge in [0.25, 0.3) is 5.91 Å². The third-order valence-corrected chi connectivity index (χ3v) is 2.77. The summed E-state index contributed by atoms with van der Waals surface area (Å²) in [4.78, 5) is 12.0. The van der Waals surface area contributed by atoms with Crippen molar-refractivity contribution in [3.63, 3.8) is 0 Å². The van der Waals surface area contributed by atoms with E-state index in [1.54, 1.807) is 41.3 Å². The van der Waals surface area contributed by atoms with Crippen LogP contribution in [0, 0.1) is 0 Å². The van der Waals surface area contributed by atoms with E-state index >= 15 is 0 Å². The molecule has 0 bridgehead atoms. The van der Waals surface area contributed by atoms with Gasteiger partial charge in [0.15, 0.2) is 0 Å². The zero-order chi connectivity index (χ0) is 13.7. The molecule has 19 heavy (non-hydrogen) atoms. The van der Waals surface area contributed by atoms with Gasteiger partial charge in [-0.25, -0.2) is 4.68 Å². The summed E-state index contributed by atoms with van der Waals surface area (Å²) in [5.74, 6) is -0.262. The first-order valence-corrected chi connectivity index (χ1v) is 6.24. The minimum absolute atomic E-state index is 0.262. The largest absolute Gasteiger partial charge is 0.360 e. The Labute approximate surface area is 116 Å². The van der Waals surface area contributed by atoms with Gasteiger partial charge in [0.2, 0.25) is 0 Å². The number of aromatic nitrogens is 2. The number of hydrogen-bond acceptors (Lipinski definition) is 3. The summed E-state index contributed by atoms with van der Waals surface area (Å²) in [5.41, 5.74) is 1.03. The lowest BCUT2D eigenvalue weighted by atomic mass is 10.2. The highest BCUT2D eigenvalue weighted by atomic mass is 35.5. The second-order valence-electron chi connectivity index (χ2n) is 3.82. The SMILES string of the molecule is CCOCn1cc(NC(=O)c2ccccc2Cl)cn1. The normalized spacial score (nSPS) is 10.4. The molecular formula is C13H14ClN3O2. The lowest BCUT2D eigenvalue weighted by Gasteiger charge is -2.04. The van der Waals surface area contributed by atoms with Crippen LogP contribution >= 0.6 is 11.6 Å². The molecule has 0 aliphatic heterocycles. The number of nitrogens with one attached hydrogen (secondary N) is 1. The molecule has 0 unspecified atom stereocenters. The van der Waals surface area contributed by atoms with Crippen molar-refractivity contribution in [2.75, 3.05) is 11.9 Å². The van der Waals surface area contributed by atoms with E-state index in [9.17, 15) is 4.79 Å². The van der Waals surface area contributed by atoms with Crippen LogP contribution in [0.25, 0.3) is 0 Å². The number of nitrogens with zero attached hydrogens (tertiary/aromatic N) is 2. The van der Waals surface area contributed by atoms with Crippen molar-refractivity contribution in [2.24, 2.45) is 0 Å². The zero-order valence-electron chi connectivity index (χ0n) is 10.5. The van der Waals surface area contributed by atoms with Crippen LogP contribution in [0.5, 0.6) is 0 Å². The molecule has 0 spiro atoms. The molecule has 100 valence electrons. The topological polar surface area (TPSA) is 56.1 Å². The monoisotopic (exact) mass is 279 g/mol. The van der Waals surface area contributed by atoms with Gasteiger partial charge in [0.05, 0.1) is 28.7 Å². The van der Waals surface area contributed by atoms with E-state index in [0.29, 0.717) is 29.6 Å². The van der Waals surface area contributed by atoms with Crippen LogP contribution in [0.3, 0.4) is 0 Å². The van der Waals surface area contributed by atoms with Crippen molar-refractivity contribution < 1.29 is 9.53 Å². The predicted octanol–water partition coefficient (Wildman–Crippen LogP) is 2.78. The minimum atomic E-state index is -0.262. The van der Waals surface area contributed by atoms with Crippen LogP contribution in [-0.4, -0.2) is 22.3 Å². The first-order valence-electron chi connectivity index (χ1n) is 5.86. The molecule has 2 rings (SSSR count). The van der Waals surface area contributed by atoms with Gasteiger partial charge >= 0.3 is 0 Å². The number of hydrogen-bond donors (Lipinski definition) is 1. The van der Waals surface area contributed by atoms with Crippen molar-refractivity contribution in [1.82, 2.24) is 9.78 Å².